The molecular weight excluding hydrogens is 169 g/mol. The lowest BCUT2D eigenvalue weighted by Gasteiger charge is -1.88. The van der Waals surface area contributed by atoms with Crippen molar-refractivity contribution in [1.82, 2.24) is 4.98 Å². The molecular formula is C9H11NOP+. The van der Waals surface area contributed by atoms with E-state index in [1.807, 2.05) is 19.1 Å². The molecule has 2 nitrogen and oxygen atoms in total. The Morgan fingerprint density at radius 1 is 1.50 bits per heavy atom. The number of pyridine rings is 1. The molecule has 3 heteroatoms. The van der Waals surface area contributed by atoms with Gasteiger partial charge in [-0.1, -0.05) is 10.6 Å². The maximum atomic E-state index is 11.6. The van der Waals surface area contributed by atoms with E-state index in [0.717, 1.165) is 23.8 Å². The summed E-state index contributed by atoms with van der Waals surface area (Å²) in [5, 5.41) is 0. The molecule has 1 saturated carbocycles. The van der Waals surface area contributed by atoms with Crippen molar-refractivity contribution in [2.75, 3.05) is 0 Å². The zero-order valence-corrected chi connectivity index (χ0v) is 7.92. The second kappa shape index (κ2) is 2.95. The van der Waals surface area contributed by atoms with Gasteiger partial charge >= 0.3 is 7.80 Å². The molecule has 1 fully saturated rings. The normalized spacial score (nSPS) is 17.6. The van der Waals surface area contributed by atoms with E-state index in [2.05, 4.69) is 4.98 Å². The zero-order valence-electron chi connectivity index (χ0n) is 7.03. The summed E-state index contributed by atoms with van der Waals surface area (Å²) in [5.74, 6) is 0. The molecule has 0 N–H and O–H groups in total. The van der Waals surface area contributed by atoms with Crippen LogP contribution in [-0.2, 0) is 4.57 Å². The SMILES string of the molecule is Cc1ccc([P+](=O)C2CC2)nc1. The van der Waals surface area contributed by atoms with Crippen LogP contribution in [-0.4, -0.2) is 10.6 Å². The average molecular weight is 180 g/mol. The van der Waals surface area contributed by atoms with Gasteiger partial charge in [-0.15, -0.1) is 0 Å². The number of aryl methyl sites for hydroxylation is 1. The van der Waals surface area contributed by atoms with Gasteiger partial charge in [-0.3, -0.25) is 0 Å². The van der Waals surface area contributed by atoms with Gasteiger partial charge in [-0.05, 0) is 25.3 Å². The number of nitrogens with zero attached hydrogens (tertiary/aromatic N) is 1. The Bertz CT molecular complexity index is 303. The van der Waals surface area contributed by atoms with E-state index in [1.165, 1.54) is 0 Å². The Morgan fingerprint density at radius 3 is 2.75 bits per heavy atom. The van der Waals surface area contributed by atoms with E-state index in [4.69, 9.17) is 0 Å². The van der Waals surface area contributed by atoms with Crippen molar-refractivity contribution in [2.45, 2.75) is 25.4 Å². The van der Waals surface area contributed by atoms with Crippen LogP contribution in [0, 0.1) is 6.92 Å². The summed E-state index contributed by atoms with van der Waals surface area (Å²) in [6.07, 6.45) is 4.01. The fourth-order valence-corrected chi connectivity index (χ4v) is 2.47. The van der Waals surface area contributed by atoms with Crippen LogP contribution in [0.4, 0.5) is 0 Å². The van der Waals surface area contributed by atoms with Gasteiger partial charge in [-0.2, -0.15) is 0 Å². The Hall–Kier alpha value is -0.750. The molecule has 0 bridgehead atoms. The van der Waals surface area contributed by atoms with Gasteiger partial charge < -0.3 is 0 Å². The van der Waals surface area contributed by atoms with Crippen LogP contribution in [0.1, 0.15) is 18.4 Å². The number of hydrogen-bond donors (Lipinski definition) is 0. The second-order valence-electron chi connectivity index (χ2n) is 3.25. The highest BCUT2D eigenvalue weighted by Crippen LogP contribution is 2.43. The highest BCUT2D eigenvalue weighted by atomic mass is 31.1. The van der Waals surface area contributed by atoms with E-state index < -0.39 is 7.80 Å². The molecule has 1 aromatic heterocycles. The summed E-state index contributed by atoms with van der Waals surface area (Å²) in [6, 6.07) is 3.85. The van der Waals surface area contributed by atoms with Crippen molar-refractivity contribution < 1.29 is 4.57 Å². The van der Waals surface area contributed by atoms with E-state index in [-0.39, 0.29) is 0 Å². The number of rotatable bonds is 2. The number of hydrogen-bond acceptors (Lipinski definition) is 2. The molecule has 1 unspecified atom stereocenters. The molecule has 1 heterocycles. The minimum atomic E-state index is -1.20. The first-order valence-corrected chi connectivity index (χ1v) is 5.49. The lowest BCUT2D eigenvalue weighted by atomic mass is 10.3. The molecule has 1 aliphatic carbocycles. The van der Waals surface area contributed by atoms with Crippen LogP contribution in [0.2, 0.25) is 0 Å². The molecule has 0 aromatic carbocycles. The van der Waals surface area contributed by atoms with Gasteiger partial charge in [-0.25, -0.2) is 4.98 Å². The molecule has 0 spiro atoms. The van der Waals surface area contributed by atoms with Crippen LogP contribution in [0.25, 0.3) is 0 Å². The van der Waals surface area contributed by atoms with Crippen LogP contribution in [0.5, 0.6) is 0 Å². The lowest BCUT2D eigenvalue weighted by molar-refractivity contribution is 0.592. The third-order valence-electron chi connectivity index (χ3n) is 2.00. The molecule has 1 atom stereocenters. The third-order valence-corrected chi connectivity index (χ3v) is 3.90. The maximum absolute atomic E-state index is 11.6. The molecule has 0 saturated heterocycles. The quantitative estimate of drug-likeness (QED) is 0.651. The van der Waals surface area contributed by atoms with Gasteiger partial charge in [0, 0.05) is 12.3 Å². The Kier molecular flexibility index (Phi) is 1.93. The topological polar surface area (TPSA) is 30.0 Å². The predicted molar refractivity (Wildman–Crippen MR) is 49.2 cm³/mol. The Morgan fingerprint density at radius 2 is 2.25 bits per heavy atom. The fraction of sp³-hybridized carbons (Fsp3) is 0.444. The smallest absolute Gasteiger partial charge is 0.212 e. The predicted octanol–water partition coefficient (Wildman–Crippen LogP) is 2.01. The molecule has 0 amide bonds. The fourth-order valence-electron chi connectivity index (χ4n) is 1.09. The van der Waals surface area contributed by atoms with Crippen molar-refractivity contribution >= 4 is 13.2 Å². The summed E-state index contributed by atoms with van der Waals surface area (Å²) >= 11 is 0. The van der Waals surface area contributed by atoms with Gasteiger partial charge in [0.15, 0.2) is 5.66 Å². The van der Waals surface area contributed by atoms with Crippen LogP contribution in [0.3, 0.4) is 0 Å². The summed E-state index contributed by atoms with van der Waals surface area (Å²) in [5.41, 5.74) is 2.33. The Labute approximate surface area is 72.8 Å². The van der Waals surface area contributed by atoms with Gasteiger partial charge in [0.2, 0.25) is 0 Å². The second-order valence-corrected chi connectivity index (χ2v) is 5.09. The molecule has 0 radical (unpaired) electrons. The summed E-state index contributed by atoms with van der Waals surface area (Å²) in [6.45, 7) is 1.99. The van der Waals surface area contributed by atoms with E-state index in [9.17, 15) is 4.57 Å². The van der Waals surface area contributed by atoms with E-state index in [0.29, 0.717) is 5.66 Å². The summed E-state index contributed by atoms with van der Waals surface area (Å²) in [4.78, 5) is 4.16. The van der Waals surface area contributed by atoms with Crippen LogP contribution in [0.15, 0.2) is 18.3 Å². The van der Waals surface area contributed by atoms with Crippen molar-refractivity contribution in [3.8, 4) is 0 Å². The monoisotopic (exact) mass is 180 g/mol. The van der Waals surface area contributed by atoms with Gasteiger partial charge in [0.25, 0.3) is 5.44 Å². The minimum absolute atomic E-state index is 0.426. The summed E-state index contributed by atoms with van der Waals surface area (Å²) < 4.78 is 11.6. The molecule has 1 aliphatic rings. The zero-order chi connectivity index (χ0) is 8.55. The van der Waals surface area contributed by atoms with Crippen molar-refractivity contribution in [3.63, 3.8) is 0 Å². The first-order chi connectivity index (χ1) is 5.77. The molecule has 2 rings (SSSR count). The lowest BCUT2D eigenvalue weighted by Crippen LogP contribution is -2.03. The number of aromatic nitrogens is 1. The third kappa shape index (κ3) is 1.54. The largest absolute Gasteiger partial charge is 0.400 e. The van der Waals surface area contributed by atoms with E-state index >= 15 is 0 Å². The average Bonchev–Trinajstić information content (AvgIpc) is 2.87. The minimum Gasteiger partial charge on any atom is -0.212 e. The van der Waals surface area contributed by atoms with Crippen LogP contribution >= 0.6 is 7.80 Å². The van der Waals surface area contributed by atoms with Crippen molar-refractivity contribution in [3.05, 3.63) is 23.9 Å². The van der Waals surface area contributed by atoms with Gasteiger partial charge in [0.1, 0.15) is 0 Å². The maximum Gasteiger partial charge on any atom is 0.400 e. The highest BCUT2D eigenvalue weighted by molar-refractivity contribution is 7.54. The molecule has 12 heavy (non-hydrogen) atoms. The first-order valence-electron chi connectivity index (χ1n) is 4.16. The van der Waals surface area contributed by atoms with Crippen molar-refractivity contribution in [1.29, 1.82) is 0 Å². The van der Waals surface area contributed by atoms with E-state index in [1.54, 1.807) is 6.20 Å². The molecule has 0 aliphatic heterocycles. The Balaban J connectivity index is 2.22. The van der Waals surface area contributed by atoms with Gasteiger partial charge in [0.05, 0.1) is 0 Å². The highest BCUT2D eigenvalue weighted by Gasteiger charge is 2.43. The summed E-state index contributed by atoms with van der Waals surface area (Å²) in [7, 11) is -1.20. The first kappa shape index (κ1) is 7.88. The molecule has 1 aromatic rings. The van der Waals surface area contributed by atoms with Crippen molar-refractivity contribution in [2.24, 2.45) is 0 Å². The van der Waals surface area contributed by atoms with Crippen LogP contribution < -0.4 is 5.44 Å². The molecule has 62 valence electrons. The standard InChI is InChI=1S/C9H11NOP/c1-7-2-5-9(10-6-7)12(11)8-3-4-8/h2,5-6,8H,3-4H2,1H3/q+1.